The molecule has 0 aliphatic carbocycles. The highest BCUT2D eigenvalue weighted by Gasteiger charge is 2.69. The summed E-state index contributed by atoms with van der Waals surface area (Å²) < 4.78 is 2.19. The van der Waals surface area contributed by atoms with Gasteiger partial charge in [-0.2, -0.15) is 0 Å². The lowest BCUT2D eigenvalue weighted by atomic mass is 9.67. The van der Waals surface area contributed by atoms with Gasteiger partial charge in [0.05, 0.1) is 23.5 Å². The number of piperidine rings is 7. The SMILES string of the molecule is CCN(CC)C1CCN(C2(C3CCNC3)CCCCN2[C]2CC(c3nncn3C)CC[N]2)C(C2CCNC2)(N2CCC(N3CCC3)CC2N2CCCCC2)C1N1CCC(N2CCCCC2)CC1. The fourth-order valence-electron chi connectivity index (χ4n) is 17.1. The fourth-order valence-corrected chi connectivity index (χ4v) is 17.1. The second kappa shape index (κ2) is 21.4. The van der Waals surface area contributed by atoms with Crippen LogP contribution in [0.5, 0.6) is 0 Å². The summed E-state index contributed by atoms with van der Waals surface area (Å²) in [6.07, 6.45) is 28.4. The van der Waals surface area contributed by atoms with Crippen LogP contribution in [0.4, 0.5) is 0 Å². The average Bonchev–Trinajstić information content (AvgIpc) is 4.20. The molecule has 67 heavy (non-hydrogen) atoms. The third-order valence-electron chi connectivity index (χ3n) is 20.3. The van der Waals surface area contributed by atoms with Crippen LogP contribution < -0.4 is 16.0 Å². The van der Waals surface area contributed by atoms with Gasteiger partial charge >= 0.3 is 0 Å². The molecule has 376 valence electrons. The van der Waals surface area contributed by atoms with Crippen LogP contribution in [0.2, 0.25) is 0 Å². The summed E-state index contributed by atoms with van der Waals surface area (Å²) >= 11 is 0. The highest BCUT2D eigenvalue weighted by Crippen LogP contribution is 2.56. The number of aryl methyl sites for hydroxylation is 1. The van der Waals surface area contributed by atoms with E-state index in [1.54, 1.807) is 0 Å². The zero-order valence-electron chi connectivity index (χ0n) is 42.7. The lowest BCUT2D eigenvalue weighted by molar-refractivity contribution is -0.291. The van der Waals surface area contributed by atoms with Crippen molar-refractivity contribution in [2.45, 2.75) is 183 Å². The number of rotatable bonds is 13. The lowest BCUT2D eigenvalue weighted by Gasteiger charge is -2.74. The third-order valence-corrected chi connectivity index (χ3v) is 20.3. The molecule has 14 nitrogen and oxygen atoms in total. The van der Waals surface area contributed by atoms with E-state index in [9.17, 15) is 0 Å². The van der Waals surface area contributed by atoms with Gasteiger partial charge in [-0.05, 0) is 175 Å². The fraction of sp³-hybridized carbons (Fsp3) is 0.943. The molecule has 0 spiro atoms. The molecular weight excluding hydrogens is 833 g/mol. The first-order valence-electron chi connectivity index (χ1n) is 28.9. The Morgan fingerprint density at radius 3 is 1.99 bits per heavy atom. The monoisotopic (exact) mass is 927 g/mol. The zero-order chi connectivity index (χ0) is 45.4. The molecule has 0 aromatic carbocycles. The first-order valence-corrected chi connectivity index (χ1v) is 28.9. The normalized spacial score (nSPS) is 39.7. The molecule has 2 radical (unpaired) electrons. The minimum Gasteiger partial charge on any atom is -0.320 e. The quantitative estimate of drug-likeness (QED) is 0.290. The van der Waals surface area contributed by atoms with Crippen LogP contribution >= 0.6 is 0 Å². The molecule has 9 unspecified atom stereocenters. The summed E-state index contributed by atoms with van der Waals surface area (Å²) in [4.78, 5) is 25.0. The van der Waals surface area contributed by atoms with Gasteiger partial charge in [-0.15, -0.1) is 10.2 Å². The van der Waals surface area contributed by atoms with Gasteiger partial charge in [-0.3, -0.25) is 29.4 Å². The molecule has 11 heterocycles. The number of nitrogens with one attached hydrogen (secondary N) is 2. The molecule has 10 fully saturated rings. The van der Waals surface area contributed by atoms with Crippen molar-refractivity contribution in [2.75, 3.05) is 118 Å². The van der Waals surface area contributed by atoms with Crippen molar-refractivity contribution < 1.29 is 0 Å². The second-order valence-electron chi connectivity index (χ2n) is 23.3. The van der Waals surface area contributed by atoms with Crippen LogP contribution in [0.15, 0.2) is 6.33 Å². The molecule has 10 aliphatic heterocycles. The van der Waals surface area contributed by atoms with Crippen LogP contribution in [0.3, 0.4) is 0 Å². The van der Waals surface area contributed by atoms with E-state index in [1.807, 2.05) is 6.33 Å². The Balaban J connectivity index is 1.09. The molecule has 14 heteroatoms. The molecule has 9 atom stereocenters. The second-order valence-corrected chi connectivity index (χ2v) is 23.3. The molecule has 10 saturated heterocycles. The molecule has 10 aliphatic rings. The molecule has 1 aromatic rings. The van der Waals surface area contributed by atoms with Crippen molar-refractivity contribution in [3.63, 3.8) is 0 Å². The average molecular weight is 927 g/mol. The van der Waals surface area contributed by atoms with Gasteiger partial charge in [0.1, 0.15) is 18.3 Å². The number of nitrogens with zero attached hydrogens (tertiary/aromatic N) is 12. The van der Waals surface area contributed by atoms with Crippen LogP contribution in [0, 0.1) is 18.0 Å². The van der Waals surface area contributed by atoms with E-state index in [1.165, 1.54) is 181 Å². The van der Waals surface area contributed by atoms with E-state index < -0.39 is 0 Å². The molecular formula is C53H94N14. The number of likely N-dealkylation sites (N-methyl/N-ethyl adjacent to an activating group) is 1. The Hall–Kier alpha value is -1.30. The number of hydrogen-bond donors (Lipinski definition) is 2. The van der Waals surface area contributed by atoms with Crippen LogP contribution in [0.25, 0.3) is 0 Å². The van der Waals surface area contributed by atoms with Crippen molar-refractivity contribution >= 4 is 0 Å². The Bertz CT molecular complexity index is 1690. The third kappa shape index (κ3) is 8.94. The maximum absolute atomic E-state index is 5.70. The van der Waals surface area contributed by atoms with E-state index in [2.05, 4.69) is 80.4 Å². The summed E-state index contributed by atoms with van der Waals surface area (Å²) in [6, 6.07) is 2.40. The molecule has 1 aromatic heterocycles. The van der Waals surface area contributed by atoms with Gasteiger partial charge in [0.25, 0.3) is 0 Å². The first kappa shape index (κ1) is 48.0. The largest absolute Gasteiger partial charge is 0.320 e. The zero-order valence-corrected chi connectivity index (χ0v) is 42.7. The van der Waals surface area contributed by atoms with Crippen LogP contribution in [-0.2, 0) is 7.05 Å². The minimum absolute atomic E-state index is 0.121. The Labute approximate surface area is 407 Å². The maximum atomic E-state index is 5.70. The van der Waals surface area contributed by atoms with Gasteiger partial charge in [-0.1, -0.05) is 26.7 Å². The number of hydrogen-bond acceptors (Lipinski definition) is 12. The Kier molecular flexibility index (Phi) is 15.3. The lowest BCUT2D eigenvalue weighted by Crippen LogP contribution is -2.88. The number of likely N-dealkylation sites (tertiary alicyclic amines) is 7. The maximum Gasteiger partial charge on any atom is 0.135 e. The topological polar surface area (TPSA) is 94.8 Å². The summed E-state index contributed by atoms with van der Waals surface area (Å²) in [5.41, 5.74) is -0.268. The van der Waals surface area contributed by atoms with E-state index in [0.717, 1.165) is 77.1 Å². The van der Waals surface area contributed by atoms with Gasteiger partial charge in [0, 0.05) is 95.3 Å². The summed E-state index contributed by atoms with van der Waals surface area (Å²) in [5, 5.41) is 23.1. The molecule has 11 rings (SSSR count). The predicted octanol–water partition coefficient (Wildman–Crippen LogP) is 4.60. The van der Waals surface area contributed by atoms with Crippen molar-refractivity contribution in [3.8, 4) is 0 Å². The van der Waals surface area contributed by atoms with Gasteiger partial charge in [-0.25, -0.2) is 5.32 Å². The molecule has 0 saturated carbocycles. The van der Waals surface area contributed by atoms with Gasteiger partial charge < -0.3 is 25.0 Å². The standard InChI is InChI=1S/C53H94N14/c1-4-60(5-2)47-21-36-67(52(43-16-23-54-39-43)22-8-13-32-65(52)48-37-42(15-25-56-48)51-58-57-41-59(51)3)53(44-17-24-55-40-44,50(47)64-33-18-45(19-34-64)61-26-9-6-10-27-61)66-35-20-46(62-30-14-31-62)38-49(66)63-28-11-7-12-29-63/h41-47,49-50,54-55H,4-40H2,1-3H3. The van der Waals surface area contributed by atoms with Crippen LogP contribution in [0.1, 0.15) is 148 Å². The molecule has 0 amide bonds. The van der Waals surface area contributed by atoms with Crippen LogP contribution in [-0.4, -0.2) is 213 Å². The predicted molar refractivity (Wildman–Crippen MR) is 268 cm³/mol. The Morgan fingerprint density at radius 1 is 0.657 bits per heavy atom. The van der Waals surface area contributed by atoms with E-state index in [4.69, 9.17) is 10.4 Å². The number of aromatic nitrogens is 3. The summed E-state index contributed by atoms with van der Waals surface area (Å²) in [5.74, 6) is 2.59. The van der Waals surface area contributed by atoms with Gasteiger partial charge in [0.15, 0.2) is 0 Å². The summed E-state index contributed by atoms with van der Waals surface area (Å²) in [7, 11) is 2.15. The highest BCUT2D eigenvalue weighted by atomic mass is 15.6. The molecule has 2 N–H and O–H groups in total. The molecule has 0 bridgehead atoms. The van der Waals surface area contributed by atoms with E-state index >= 15 is 0 Å². The minimum atomic E-state index is -0.147. The van der Waals surface area contributed by atoms with E-state index in [-0.39, 0.29) is 11.3 Å². The smallest absolute Gasteiger partial charge is 0.135 e. The summed E-state index contributed by atoms with van der Waals surface area (Å²) in [6.45, 7) is 26.5. The van der Waals surface area contributed by atoms with Crippen molar-refractivity contribution in [1.82, 2.24) is 69.9 Å². The van der Waals surface area contributed by atoms with Crippen molar-refractivity contribution in [1.29, 1.82) is 0 Å². The van der Waals surface area contributed by atoms with Crippen molar-refractivity contribution in [3.05, 3.63) is 18.3 Å². The highest BCUT2D eigenvalue weighted by molar-refractivity contribution is 5.23. The van der Waals surface area contributed by atoms with Crippen molar-refractivity contribution in [2.24, 2.45) is 18.9 Å². The Morgan fingerprint density at radius 2 is 1.33 bits per heavy atom. The van der Waals surface area contributed by atoms with Gasteiger partial charge in [0.2, 0.25) is 0 Å². The van der Waals surface area contributed by atoms with E-state index in [0.29, 0.717) is 42.0 Å². The first-order chi connectivity index (χ1) is 33.0.